The highest BCUT2D eigenvalue weighted by atomic mass is 35.5. The molecule has 0 saturated carbocycles. The first-order valence-electron chi connectivity index (χ1n) is 12.1. The van der Waals surface area contributed by atoms with E-state index in [0.29, 0.717) is 33.7 Å². The molecule has 0 bridgehead atoms. The van der Waals surface area contributed by atoms with Crippen LogP contribution in [0.25, 0.3) is 32.4 Å². The summed E-state index contributed by atoms with van der Waals surface area (Å²) in [7, 11) is 0. The number of fused-ring (bicyclic) bond motifs is 2. The van der Waals surface area contributed by atoms with Crippen molar-refractivity contribution in [1.82, 2.24) is 34.5 Å². The van der Waals surface area contributed by atoms with Gasteiger partial charge in [-0.3, -0.25) is 14.4 Å². The van der Waals surface area contributed by atoms with Gasteiger partial charge in [-0.25, -0.2) is 14.4 Å². The van der Waals surface area contributed by atoms with E-state index >= 15 is 0 Å². The number of benzene rings is 1. The Morgan fingerprint density at radius 1 is 1.14 bits per heavy atom. The molecule has 0 atom stereocenters. The predicted molar refractivity (Wildman–Crippen MR) is 141 cm³/mol. The van der Waals surface area contributed by atoms with Gasteiger partial charge in [0.15, 0.2) is 0 Å². The van der Waals surface area contributed by atoms with Crippen LogP contribution in [0.5, 0.6) is 0 Å². The van der Waals surface area contributed by atoms with Crippen molar-refractivity contribution in [2.24, 2.45) is 0 Å². The van der Waals surface area contributed by atoms with Crippen LogP contribution in [0.2, 0.25) is 5.02 Å². The molecule has 0 unspecified atom stereocenters. The molecule has 0 spiro atoms. The number of piperidine rings is 1. The molecule has 4 aromatic heterocycles. The number of amides is 1. The maximum atomic E-state index is 13.6. The molecule has 1 aromatic carbocycles. The highest BCUT2D eigenvalue weighted by molar-refractivity contribution is 7.21. The number of rotatable bonds is 4. The number of carbonyl (C=O) groups is 1. The zero-order chi connectivity index (χ0) is 25.1. The molecular weight excluding hydrogens is 513 g/mol. The van der Waals surface area contributed by atoms with Gasteiger partial charge in [-0.15, -0.1) is 11.3 Å². The lowest BCUT2D eigenvalue weighted by molar-refractivity contribution is 0.0519. The summed E-state index contributed by atoms with van der Waals surface area (Å²) in [6, 6.07) is 8.10. The lowest BCUT2D eigenvalue weighted by atomic mass is 9.97. The van der Waals surface area contributed by atoms with Crippen molar-refractivity contribution in [2.45, 2.75) is 18.9 Å². The topological polar surface area (TPSA) is 82.9 Å². The highest BCUT2D eigenvalue weighted by Gasteiger charge is 2.37. The van der Waals surface area contributed by atoms with E-state index in [0.717, 1.165) is 53.6 Å². The third-order valence-corrected chi connectivity index (χ3v) is 9.00. The summed E-state index contributed by atoms with van der Waals surface area (Å²) in [6.45, 7) is 3.08. The maximum Gasteiger partial charge on any atom is 0.265 e. The second-order valence-electron chi connectivity index (χ2n) is 9.52. The molecule has 1 radical (unpaired) electrons. The molecule has 2 aliphatic rings. The van der Waals surface area contributed by atoms with E-state index in [4.69, 9.17) is 11.6 Å². The van der Waals surface area contributed by atoms with E-state index in [2.05, 4.69) is 25.0 Å². The first-order chi connectivity index (χ1) is 18.0. The molecule has 2 saturated heterocycles. The van der Waals surface area contributed by atoms with Crippen LogP contribution < -0.4 is 0 Å². The fourth-order valence-electron chi connectivity index (χ4n) is 5.30. The smallest absolute Gasteiger partial charge is 0.265 e. The fourth-order valence-corrected chi connectivity index (χ4v) is 6.81. The lowest BCUT2D eigenvalue weighted by Crippen LogP contribution is -2.56. The average Bonchev–Trinajstić information content (AvgIpc) is 3.62. The molecule has 7 rings (SSSR count). The Morgan fingerprint density at radius 3 is 2.81 bits per heavy atom. The van der Waals surface area contributed by atoms with Gasteiger partial charge in [-0.2, -0.15) is 5.10 Å². The molecule has 2 aliphatic heterocycles. The molecule has 187 valence electrons. The third kappa shape index (κ3) is 3.91. The van der Waals surface area contributed by atoms with E-state index in [1.807, 2.05) is 34.2 Å². The zero-order valence-corrected chi connectivity index (χ0v) is 21.3. The van der Waals surface area contributed by atoms with Crippen LogP contribution in [0.3, 0.4) is 0 Å². The molecule has 37 heavy (non-hydrogen) atoms. The van der Waals surface area contributed by atoms with Gasteiger partial charge in [0, 0.05) is 65.7 Å². The largest absolute Gasteiger partial charge is 0.346 e. The van der Waals surface area contributed by atoms with Gasteiger partial charge in [0.2, 0.25) is 0 Å². The monoisotopic (exact) mass is 534 g/mol. The van der Waals surface area contributed by atoms with Gasteiger partial charge in [0.1, 0.15) is 28.7 Å². The number of H-pyrrole nitrogens is 1. The molecule has 1 N–H and O–H groups in total. The Kier molecular flexibility index (Phi) is 5.49. The van der Waals surface area contributed by atoms with E-state index in [1.54, 1.807) is 12.4 Å². The molecule has 11 heteroatoms. The van der Waals surface area contributed by atoms with Crippen LogP contribution in [0.4, 0.5) is 4.39 Å². The number of nitrogens with zero attached hydrogens (tertiary/aromatic N) is 6. The quantitative estimate of drug-likeness (QED) is 0.357. The molecule has 6 heterocycles. The molecular formula is C26H22ClFN7OS. The van der Waals surface area contributed by atoms with Crippen molar-refractivity contribution in [2.75, 3.05) is 26.2 Å². The van der Waals surface area contributed by atoms with E-state index in [9.17, 15) is 9.18 Å². The minimum Gasteiger partial charge on any atom is -0.346 e. The summed E-state index contributed by atoms with van der Waals surface area (Å²) in [6.07, 6.45) is 9.13. The van der Waals surface area contributed by atoms with Gasteiger partial charge in [0.25, 0.3) is 5.91 Å². The predicted octanol–water partition coefficient (Wildman–Crippen LogP) is 4.83. The van der Waals surface area contributed by atoms with Crippen molar-refractivity contribution in [3.8, 4) is 11.3 Å². The Hall–Kier alpha value is -3.34. The summed E-state index contributed by atoms with van der Waals surface area (Å²) in [5, 5.41) is 6.71. The number of nitrogens with one attached hydrogen (secondary N) is 1. The average molecular weight is 535 g/mol. The number of aromatic amines is 1. The Bertz CT molecular complexity index is 1630. The van der Waals surface area contributed by atoms with Crippen molar-refractivity contribution in [1.29, 1.82) is 0 Å². The van der Waals surface area contributed by atoms with Gasteiger partial charge >= 0.3 is 0 Å². The van der Waals surface area contributed by atoms with Crippen LogP contribution in [-0.4, -0.2) is 72.7 Å². The summed E-state index contributed by atoms with van der Waals surface area (Å²) >= 11 is 7.75. The van der Waals surface area contributed by atoms with Crippen molar-refractivity contribution < 1.29 is 9.18 Å². The number of carbonyl (C=O) groups excluding carboxylic acids is 1. The first kappa shape index (κ1) is 22.8. The van der Waals surface area contributed by atoms with Crippen molar-refractivity contribution >= 4 is 50.0 Å². The number of thiophene rings is 1. The van der Waals surface area contributed by atoms with Crippen LogP contribution in [0, 0.1) is 11.9 Å². The SMILES string of the molecule is O=C(c1sc2cc(F)ccc2c1Cl)N1CCC(N2C[C](n3cc(-c4ncnc5[nH]ccc45)cn3)C2)CC1. The second kappa shape index (κ2) is 8.90. The molecule has 0 aliphatic carbocycles. The standard InChI is InChI=1S/C26H22ClFN7OS/c27-22-19-2-1-16(28)9-21(19)37-24(22)26(36)33-7-4-17(5-8-33)34-12-18(13-34)35-11-15(10-32-35)23-20-3-6-29-25(20)31-14-30-23/h1-3,6,9-11,14,17H,4-5,7-8,12-13H2,(H,29,30,31). The van der Waals surface area contributed by atoms with Crippen LogP contribution in [-0.2, 0) is 0 Å². The summed E-state index contributed by atoms with van der Waals surface area (Å²) in [5.74, 6) is -0.388. The Morgan fingerprint density at radius 2 is 1.97 bits per heavy atom. The van der Waals surface area contributed by atoms with E-state index in [1.165, 1.54) is 29.5 Å². The van der Waals surface area contributed by atoms with Crippen LogP contribution in [0.1, 0.15) is 22.5 Å². The zero-order valence-electron chi connectivity index (χ0n) is 19.7. The van der Waals surface area contributed by atoms with Gasteiger partial charge < -0.3 is 9.88 Å². The summed E-state index contributed by atoms with van der Waals surface area (Å²) < 4.78 is 16.3. The Labute approximate surface area is 220 Å². The molecule has 2 fully saturated rings. The van der Waals surface area contributed by atoms with Crippen LogP contribution in [0.15, 0.2) is 49.2 Å². The number of aromatic nitrogens is 5. The minimum atomic E-state index is -0.325. The van der Waals surface area contributed by atoms with E-state index < -0.39 is 0 Å². The number of likely N-dealkylation sites (tertiary alicyclic amines) is 2. The van der Waals surface area contributed by atoms with Gasteiger partial charge in [-0.1, -0.05) is 11.6 Å². The lowest BCUT2D eigenvalue weighted by Gasteiger charge is -2.46. The van der Waals surface area contributed by atoms with Gasteiger partial charge in [0.05, 0.1) is 16.9 Å². The van der Waals surface area contributed by atoms with Gasteiger partial charge in [-0.05, 0) is 37.1 Å². The Balaban J connectivity index is 0.969. The maximum absolute atomic E-state index is 13.6. The molecule has 1 amide bonds. The second-order valence-corrected chi connectivity index (χ2v) is 10.9. The normalized spacial score (nSPS) is 17.6. The fraction of sp³-hybridized carbons (Fsp3) is 0.269. The summed E-state index contributed by atoms with van der Waals surface area (Å²) in [5.41, 5.74) is 2.65. The van der Waals surface area contributed by atoms with Crippen molar-refractivity contribution in [3.05, 3.63) is 70.9 Å². The first-order valence-corrected chi connectivity index (χ1v) is 13.3. The van der Waals surface area contributed by atoms with Crippen molar-refractivity contribution in [3.63, 3.8) is 0 Å². The summed E-state index contributed by atoms with van der Waals surface area (Å²) in [4.78, 5) is 29.8. The van der Waals surface area contributed by atoms with E-state index in [-0.39, 0.29) is 11.7 Å². The molecule has 5 aromatic rings. The highest BCUT2D eigenvalue weighted by Crippen LogP contribution is 2.37. The van der Waals surface area contributed by atoms with Crippen LogP contribution >= 0.6 is 22.9 Å². The minimum absolute atomic E-state index is 0.0637. The molecule has 8 nitrogen and oxygen atoms in total. The number of hydrogen-bond donors (Lipinski definition) is 1. The number of halogens is 2. The number of hydrogen-bond acceptors (Lipinski definition) is 6. The third-order valence-electron chi connectivity index (χ3n) is 7.36.